The topological polar surface area (TPSA) is 45.3 Å². The molecule has 3 heterocycles. The van der Waals surface area contributed by atoms with Gasteiger partial charge in [0.15, 0.2) is 0 Å². The molecule has 5 heteroatoms. The normalized spacial score (nSPS) is 24.3. The number of aromatic nitrogens is 1. The number of hydrogen-bond acceptors (Lipinski definition) is 3. The molecule has 2 atom stereocenters. The van der Waals surface area contributed by atoms with E-state index in [0.717, 1.165) is 42.9 Å². The molecule has 0 aliphatic carbocycles. The fraction of sp³-hybridized carbons (Fsp3) is 0.500. The van der Waals surface area contributed by atoms with Crippen molar-refractivity contribution in [2.75, 3.05) is 19.7 Å². The fourth-order valence-corrected chi connectivity index (χ4v) is 4.39. The maximum absolute atomic E-state index is 12.4. The van der Waals surface area contributed by atoms with Crippen LogP contribution in [0.3, 0.4) is 0 Å². The van der Waals surface area contributed by atoms with Crippen molar-refractivity contribution < 1.29 is 9.53 Å². The summed E-state index contributed by atoms with van der Waals surface area (Å²) in [6, 6.07) is 6.08. The zero-order chi connectivity index (χ0) is 16.0. The zero-order valence-corrected chi connectivity index (χ0v) is 14.0. The van der Waals surface area contributed by atoms with Gasteiger partial charge in [-0.15, -0.1) is 0 Å². The zero-order valence-electron chi connectivity index (χ0n) is 13.3. The van der Waals surface area contributed by atoms with Gasteiger partial charge in [0.2, 0.25) is 0 Å². The number of nitrogens with zero attached hydrogens (tertiary/aromatic N) is 1. The molecule has 1 N–H and O–H groups in total. The van der Waals surface area contributed by atoms with E-state index >= 15 is 0 Å². The Kier molecular flexibility index (Phi) is 3.82. The number of fused-ring (bicyclic) bond motifs is 5. The van der Waals surface area contributed by atoms with Gasteiger partial charge in [0.25, 0.3) is 0 Å². The molecule has 4 nitrogen and oxygen atoms in total. The average molecular weight is 333 g/mol. The molecular formula is C18H21ClN2O2. The van der Waals surface area contributed by atoms with Crippen molar-refractivity contribution in [1.82, 2.24) is 9.88 Å². The number of esters is 1. The van der Waals surface area contributed by atoms with E-state index in [2.05, 4.69) is 9.88 Å². The van der Waals surface area contributed by atoms with E-state index in [1.165, 1.54) is 16.6 Å². The minimum absolute atomic E-state index is 0.0632. The van der Waals surface area contributed by atoms with Gasteiger partial charge in [-0.2, -0.15) is 0 Å². The maximum Gasteiger partial charge on any atom is 0.310 e. The number of carbonyl (C=O) groups is 1. The molecule has 23 heavy (non-hydrogen) atoms. The number of rotatable bonds is 2. The molecule has 4 rings (SSSR count). The van der Waals surface area contributed by atoms with Crippen molar-refractivity contribution in [1.29, 1.82) is 0 Å². The second-order valence-corrected chi connectivity index (χ2v) is 6.88. The molecule has 1 fully saturated rings. The number of nitrogens with one attached hydrogen (secondary N) is 1. The van der Waals surface area contributed by atoms with E-state index < -0.39 is 0 Å². The van der Waals surface area contributed by atoms with Gasteiger partial charge in [0.1, 0.15) is 0 Å². The molecule has 0 spiro atoms. The number of carbonyl (C=O) groups excluding carboxylic acids is 1. The van der Waals surface area contributed by atoms with E-state index in [1.54, 1.807) is 0 Å². The highest BCUT2D eigenvalue weighted by molar-refractivity contribution is 6.31. The Bertz CT molecular complexity index is 755. The van der Waals surface area contributed by atoms with Gasteiger partial charge < -0.3 is 9.72 Å². The Morgan fingerprint density at radius 2 is 2.30 bits per heavy atom. The molecule has 0 saturated carbocycles. The molecule has 0 radical (unpaired) electrons. The van der Waals surface area contributed by atoms with Gasteiger partial charge in [0, 0.05) is 28.2 Å². The highest BCUT2D eigenvalue weighted by Gasteiger charge is 2.42. The molecule has 0 unspecified atom stereocenters. The van der Waals surface area contributed by atoms with E-state index in [9.17, 15) is 4.79 Å². The summed E-state index contributed by atoms with van der Waals surface area (Å²) in [6.07, 6.45) is 2.96. The van der Waals surface area contributed by atoms with Crippen LogP contribution in [0.25, 0.3) is 10.9 Å². The lowest BCUT2D eigenvalue weighted by Gasteiger charge is -2.43. The van der Waals surface area contributed by atoms with Crippen molar-refractivity contribution in [2.45, 2.75) is 32.2 Å². The largest absolute Gasteiger partial charge is 0.466 e. The standard InChI is InChI=1S/C18H21ClN2O2/c1-2-23-18(22)13-4-3-8-21-9-7-12-14-10-11(19)5-6-15(14)20-16(12)17(13)21/h5-6,10,13,17,20H,2-4,7-9H2,1H3/t13-,17+/m0/s1. The van der Waals surface area contributed by atoms with Crippen molar-refractivity contribution in [3.05, 3.63) is 34.5 Å². The van der Waals surface area contributed by atoms with Crippen LogP contribution in [0.4, 0.5) is 0 Å². The smallest absolute Gasteiger partial charge is 0.310 e. The van der Waals surface area contributed by atoms with E-state index in [0.29, 0.717) is 6.61 Å². The van der Waals surface area contributed by atoms with Gasteiger partial charge >= 0.3 is 5.97 Å². The number of hydrogen-bond donors (Lipinski definition) is 1. The van der Waals surface area contributed by atoms with E-state index in [-0.39, 0.29) is 17.9 Å². The summed E-state index contributed by atoms with van der Waals surface area (Å²) in [7, 11) is 0. The summed E-state index contributed by atoms with van der Waals surface area (Å²) in [5.74, 6) is -0.141. The molecule has 2 aliphatic rings. The Balaban J connectivity index is 1.80. The van der Waals surface area contributed by atoms with Crippen LogP contribution < -0.4 is 0 Å². The SMILES string of the molecule is CCOC(=O)[C@H]1CCCN2CCc3c([nH]c4ccc(Cl)cc34)[C@@H]12. The van der Waals surface area contributed by atoms with Crippen LogP contribution in [0.2, 0.25) is 5.02 Å². The van der Waals surface area contributed by atoms with Crippen molar-refractivity contribution in [3.63, 3.8) is 0 Å². The third-order valence-corrected chi connectivity index (χ3v) is 5.41. The maximum atomic E-state index is 12.4. The summed E-state index contributed by atoms with van der Waals surface area (Å²) < 4.78 is 5.34. The van der Waals surface area contributed by atoms with Crippen LogP contribution in [0.15, 0.2) is 18.2 Å². The first-order valence-corrected chi connectivity index (χ1v) is 8.77. The third kappa shape index (κ3) is 2.45. The number of H-pyrrole nitrogens is 1. The Hall–Kier alpha value is -1.52. The van der Waals surface area contributed by atoms with Crippen molar-refractivity contribution in [3.8, 4) is 0 Å². The predicted octanol–water partition coefficient (Wildman–Crippen LogP) is 3.69. The van der Waals surface area contributed by atoms with Gasteiger partial charge in [-0.25, -0.2) is 0 Å². The minimum Gasteiger partial charge on any atom is -0.466 e. The monoisotopic (exact) mass is 332 g/mol. The summed E-state index contributed by atoms with van der Waals surface area (Å²) in [6.45, 7) is 4.36. The van der Waals surface area contributed by atoms with Gasteiger partial charge in [-0.3, -0.25) is 9.69 Å². The van der Waals surface area contributed by atoms with Crippen LogP contribution in [0.5, 0.6) is 0 Å². The molecule has 1 aromatic carbocycles. The molecule has 122 valence electrons. The lowest BCUT2D eigenvalue weighted by Crippen LogP contribution is -2.46. The first kappa shape index (κ1) is 15.0. The van der Waals surface area contributed by atoms with E-state index in [1.807, 2.05) is 25.1 Å². The van der Waals surface area contributed by atoms with Crippen LogP contribution in [-0.4, -0.2) is 35.5 Å². The Morgan fingerprint density at radius 1 is 1.43 bits per heavy atom. The highest BCUT2D eigenvalue weighted by atomic mass is 35.5. The van der Waals surface area contributed by atoms with Crippen molar-refractivity contribution in [2.24, 2.45) is 5.92 Å². The average Bonchev–Trinajstić information content (AvgIpc) is 2.92. The second kappa shape index (κ2) is 5.84. The number of ether oxygens (including phenoxy) is 1. The first-order chi connectivity index (χ1) is 11.2. The lowest BCUT2D eigenvalue weighted by atomic mass is 9.82. The quantitative estimate of drug-likeness (QED) is 0.853. The molecule has 2 aliphatic heterocycles. The van der Waals surface area contributed by atoms with Crippen LogP contribution >= 0.6 is 11.6 Å². The molecule has 1 saturated heterocycles. The van der Waals surface area contributed by atoms with E-state index in [4.69, 9.17) is 16.3 Å². The van der Waals surface area contributed by atoms with Crippen LogP contribution in [0.1, 0.15) is 37.1 Å². The van der Waals surface area contributed by atoms with Gasteiger partial charge in [0.05, 0.1) is 18.6 Å². The fourth-order valence-electron chi connectivity index (χ4n) is 4.21. The molecular weight excluding hydrogens is 312 g/mol. The lowest BCUT2D eigenvalue weighted by molar-refractivity contribution is -0.153. The number of benzene rings is 1. The summed E-state index contributed by atoms with van der Waals surface area (Å²) in [5, 5.41) is 1.95. The Morgan fingerprint density at radius 3 is 3.13 bits per heavy atom. The molecule has 2 aromatic rings. The molecule has 0 bridgehead atoms. The Labute approximate surface area is 140 Å². The minimum atomic E-state index is -0.0775. The summed E-state index contributed by atoms with van der Waals surface area (Å²) in [4.78, 5) is 18.4. The number of piperidine rings is 1. The molecule has 1 aromatic heterocycles. The molecule has 0 amide bonds. The van der Waals surface area contributed by atoms with Crippen molar-refractivity contribution >= 4 is 28.5 Å². The summed E-state index contributed by atoms with van der Waals surface area (Å²) >= 11 is 6.18. The van der Waals surface area contributed by atoms with Gasteiger partial charge in [-0.05, 0) is 56.5 Å². The van der Waals surface area contributed by atoms with Crippen LogP contribution in [0, 0.1) is 5.92 Å². The summed E-state index contributed by atoms with van der Waals surface area (Å²) in [5.41, 5.74) is 3.61. The number of halogens is 1. The first-order valence-electron chi connectivity index (χ1n) is 8.39. The predicted molar refractivity (Wildman–Crippen MR) is 90.7 cm³/mol. The highest BCUT2D eigenvalue weighted by Crippen LogP contribution is 2.43. The third-order valence-electron chi connectivity index (χ3n) is 5.17. The van der Waals surface area contributed by atoms with Crippen LogP contribution in [-0.2, 0) is 16.0 Å². The number of aromatic amines is 1. The second-order valence-electron chi connectivity index (χ2n) is 6.44. The van der Waals surface area contributed by atoms with Gasteiger partial charge in [-0.1, -0.05) is 11.6 Å².